The predicted octanol–water partition coefficient (Wildman–Crippen LogP) is 2.28. The second-order valence-corrected chi connectivity index (χ2v) is 3.40. The molecule has 0 saturated carbocycles. The van der Waals surface area contributed by atoms with E-state index in [1.165, 1.54) is 18.2 Å². The molecule has 0 atom stereocenters. The lowest BCUT2D eigenvalue weighted by atomic mass is 10.0. The zero-order valence-corrected chi connectivity index (χ0v) is 7.97. The number of hydrogen-bond donors (Lipinski definition) is 0. The highest BCUT2D eigenvalue weighted by atomic mass is 16.6. The summed E-state index contributed by atoms with van der Waals surface area (Å²) >= 11 is 0. The first-order valence-electron chi connectivity index (χ1n) is 4.66. The van der Waals surface area contributed by atoms with Gasteiger partial charge in [0.15, 0.2) is 5.78 Å². The van der Waals surface area contributed by atoms with Gasteiger partial charge in [0.25, 0.3) is 5.69 Å². The van der Waals surface area contributed by atoms with Crippen molar-refractivity contribution < 1.29 is 9.72 Å². The van der Waals surface area contributed by atoms with E-state index in [9.17, 15) is 14.9 Å². The molecule has 0 radical (unpaired) electrons. The van der Waals surface area contributed by atoms with Crippen LogP contribution in [0.3, 0.4) is 0 Å². The third-order valence-electron chi connectivity index (χ3n) is 2.42. The molecule has 0 unspecified atom stereocenters. The lowest BCUT2D eigenvalue weighted by molar-refractivity contribution is -0.384. The Hall–Kier alpha value is -1.97. The zero-order chi connectivity index (χ0) is 10.8. The van der Waals surface area contributed by atoms with E-state index >= 15 is 0 Å². The van der Waals surface area contributed by atoms with Crippen molar-refractivity contribution in [1.29, 1.82) is 0 Å². The van der Waals surface area contributed by atoms with Gasteiger partial charge in [-0.3, -0.25) is 14.9 Å². The largest absolute Gasteiger partial charge is 0.289 e. The number of allylic oxidation sites excluding steroid dienone is 2. The Bertz CT molecular complexity index is 463. The minimum atomic E-state index is -0.484. The average Bonchev–Trinajstić information content (AvgIpc) is 2.40. The second kappa shape index (κ2) is 3.65. The van der Waals surface area contributed by atoms with E-state index in [-0.39, 0.29) is 11.5 Å². The number of ketones is 1. The summed E-state index contributed by atoms with van der Waals surface area (Å²) in [7, 11) is 0. The molecule has 15 heavy (non-hydrogen) atoms. The van der Waals surface area contributed by atoms with Crippen molar-refractivity contribution in [2.75, 3.05) is 0 Å². The number of hydrogen-bond acceptors (Lipinski definition) is 3. The first kappa shape index (κ1) is 9.58. The standard InChI is InChI=1S/C11H9NO3/c13-11-4-2-1-3-8-5-6-9(12(14)15)7-10(8)11/h2,4-7H,1,3H2. The van der Waals surface area contributed by atoms with Gasteiger partial charge in [0.1, 0.15) is 0 Å². The van der Waals surface area contributed by atoms with Crippen molar-refractivity contribution >= 4 is 11.5 Å². The third kappa shape index (κ3) is 1.79. The molecule has 4 nitrogen and oxygen atoms in total. The summed E-state index contributed by atoms with van der Waals surface area (Å²) in [6.45, 7) is 0. The van der Waals surface area contributed by atoms with Crippen LogP contribution in [0.25, 0.3) is 0 Å². The molecule has 0 saturated heterocycles. The van der Waals surface area contributed by atoms with Gasteiger partial charge >= 0.3 is 0 Å². The topological polar surface area (TPSA) is 60.2 Å². The van der Waals surface area contributed by atoms with Gasteiger partial charge in [0.2, 0.25) is 0 Å². The molecule has 1 aliphatic rings. The third-order valence-corrected chi connectivity index (χ3v) is 2.42. The molecular weight excluding hydrogens is 194 g/mol. The molecule has 0 bridgehead atoms. The SMILES string of the molecule is O=C1C=CCCc2ccc([N+](=O)[O-])cc21. The first-order valence-corrected chi connectivity index (χ1v) is 4.66. The maximum absolute atomic E-state index is 11.6. The van der Waals surface area contributed by atoms with E-state index in [4.69, 9.17) is 0 Å². The molecule has 2 rings (SSSR count). The van der Waals surface area contributed by atoms with Crippen molar-refractivity contribution in [1.82, 2.24) is 0 Å². The van der Waals surface area contributed by atoms with Crippen molar-refractivity contribution in [2.45, 2.75) is 12.8 Å². The molecular formula is C11H9NO3. The average molecular weight is 203 g/mol. The minimum Gasteiger partial charge on any atom is -0.289 e. The molecule has 4 heteroatoms. The normalized spacial score (nSPS) is 14.5. The van der Waals surface area contributed by atoms with E-state index < -0.39 is 4.92 Å². The summed E-state index contributed by atoms with van der Waals surface area (Å²) in [5, 5.41) is 10.6. The van der Waals surface area contributed by atoms with E-state index in [0.717, 1.165) is 18.4 Å². The van der Waals surface area contributed by atoms with Gasteiger partial charge in [-0.25, -0.2) is 0 Å². The number of nitro groups is 1. The minimum absolute atomic E-state index is 0.0302. The maximum atomic E-state index is 11.6. The first-order chi connectivity index (χ1) is 7.18. The molecule has 0 N–H and O–H groups in total. The van der Waals surface area contributed by atoms with E-state index in [0.29, 0.717) is 5.56 Å². The van der Waals surface area contributed by atoms with Gasteiger partial charge in [-0.1, -0.05) is 12.1 Å². The Morgan fingerprint density at radius 1 is 1.33 bits per heavy atom. The zero-order valence-electron chi connectivity index (χ0n) is 7.97. The number of aryl methyl sites for hydroxylation is 1. The quantitative estimate of drug-likeness (QED) is 0.519. The Morgan fingerprint density at radius 2 is 2.13 bits per heavy atom. The van der Waals surface area contributed by atoms with E-state index in [2.05, 4.69) is 0 Å². The number of rotatable bonds is 1. The number of nitrogens with zero attached hydrogens (tertiary/aromatic N) is 1. The highest BCUT2D eigenvalue weighted by molar-refractivity contribution is 6.06. The van der Waals surface area contributed by atoms with Crippen LogP contribution in [0.15, 0.2) is 30.4 Å². The van der Waals surface area contributed by atoms with Crippen LogP contribution in [0, 0.1) is 10.1 Å². The summed E-state index contributed by atoms with van der Waals surface area (Å²) in [4.78, 5) is 21.6. The highest BCUT2D eigenvalue weighted by Crippen LogP contribution is 2.22. The number of non-ortho nitro benzene ring substituents is 1. The molecule has 1 aliphatic carbocycles. The van der Waals surface area contributed by atoms with Gasteiger partial charge in [-0.2, -0.15) is 0 Å². The van der Waals surface area contributed by atoms with Gasteiger partial charge in [-0.05, 0) is 24.5 Å². The monoisotopic (exact) mass is 203 g/mol. The van der Waals surface area contributed by atoms with Crippen LogP contribution < -0.4 is 0 Å². The fourth-order valence-corrected chi connectivity index (χ4v) is 1.64. The van der Waals surface area contributed by atoms with Crippen LogP contribution in [0.1, 0.15) is 22.3 Å². The van der Waals surface area contributed by atoms with Crippen LogP contribution in [-0.2, 0) is 6.42 Å². The Labute approximate surface area is 86.4 Å². The molecule has 1 aromatic rings. The summed E-state index contributed by atoms with van der Waals surface area (Å²) in [6, 6.07) is 4.46. The lowest BCUT2D eigenvalue weighted by Crippen LogP contribution is -2.00. The van der Waals surface area contributed by atoms with Crippen LogP contribution >= 0.6 is 0 Å². The summed E-state index contributed by atoms with van der Waals surface area (Å²) in [5.74, 6) is -0.147. The number of fused-ring (bicyclic) bond motifs is 1. The molecule has 76 valence electrons. The van der Waals surface area contributed by atoms with Gasteiger partial charge in [0.05, 0.1) is 4.92 Å². The number of carbonyl (C=O) groups is 1. The second-order valence-electron chi connectivity index (χ2n) is 3.40. The molecule has 0 aromatic heterocycles. The summed E-state index contributed by atoms with van der Waals surface area (Å²) in [6.07, 6.45) is 4.84. The Balaban J connectivity index is 2.53. The van der Waals surface area contributed by atoms with Gasteiger partial charge in [0, 0.05) is 17.7 Å². The molecule has 0 heterocycles. The maximum Gasteiger partial charge on any atom is 0.270 e. The number of nitro benzene ring substituents is 1. The van der Waals surface area contributed by atoms with Crippen molar-refractivity contribution in [3.63, 3.8) is 0 Å². The van der Waals surface area contributed by atoms with Gasteiger partial charge < -0.3 is 0 Å². The fourth-order valence-electron chi connectivity index (χ4n) is 1.64. The van der Waals surface area contributed by atoms with Crippen molar-refractivity contribution in [3.05, 3.63) is 51.6 Å². The molecule has 0 spiro atoms. The summed E-state index contributed by atoms with van der Waals surface area (Å²) < 4.78 is 0. The van der Waals surface area contributed by atoms with Crippen molar-refractivity contribution in [3.8, 4) is 0 Å². The van der Waals surface area contributed by atoms with Crippen molar-refractivity contribution in [2.24, 2.45) is 0 Å². The smallest absolute Gasteiger partial charge is 0.270 e. The number of carbonyl (C=O) groups excluding carboxylic acids is 1. The highest BCUT2D eigenvalue weighted by Gasteiger charge is 2.16. The fraction of sp³-hybridized carbons (Fsp3) is 0.182. The van der Waals surface area contributed by atoms with Crippen LogP contribution in [0.4, 0.5) is 5.69 Å². The van der Waals surface area contributed by atoms with Crippen LogP contribution in [0.2, 0.25) is 0 Å². The number of benzene rings is 1. The molecule has 1 aromatic carbocycles. The Morgan fingerprint density at radius 3 is 2.87 bits per heavy atom. The summed E-state index contributed by atoms with van der Waals surface area (Å²) in [5.41, 5.74) is 1.31. The molecule has 0 fully saturated rings. The lowest BCUT2D eigenvalue weighted by Gasteiger charge is -2.02. The van der Waals surface area contributed by atoms with Crippen LogP contribution in [-0.4, -0.2) is 10.7 Å². The molecule has 0 aliphatic heterocycles. The predicted molar refractivity (Wildman–Crippen MR) is 54.9 cm³/mol. The van der Waals surface area contributed by atoms with Gasteiger partial charge in [-0.15, -0.1) is 0 Å². The van der Waals surface area contributed by atoms with E-state index in [1.54, 1.807) is 12.1 Å². The van der Waals surface area contributed by atoms with E-state index in [1.807, 2.05) is 0 Å². The van der Waals surface area contributed by atoms with Crippen LogP contribution in [0.5, 0.6) is 0 Å². The Kier molecular flexibility index (Phi) is 2.33. The molecule has 0 amide bonds.